The number of furan rings is 1. The lowest BCUT2D eigenvalue weighted by Gasteiger charge is -2.27. The minimum atomic E-state index is -0.815. The van der Waals surface area contributed by atoms with E-state index in [1.165, 1.54) is 7.11 Å². The van der Waals surface area contributed by atoms with Crippen LogP contribution in [0.3, 0.4) is 0 Å². The van der Waals surface area contributed by atoms with Crippen LogP contribution < -0.4 is 20.1 Å². The van der Waals surface area contributed by atoms with Crippen molar-refractivity contribution in [2.45, 2.75) is 31.5 Å². The van der Waals surface area contributed by atoms with Gasteiger partial charge in [0.05, 0.1) is 33.1 Å². The van der Waals surface area contributed by atoms with Crippen LogP contribution in [-0.2, 0) is 11.3 Å². The molecular formula is C21H24N4O4S. The highest BCUT2D eigenvalue weighted by Gasteiger charge is 2.33. The van der Waals surface area contributed by atoms with E-state index in [1.807, 2.05) is 17.0 Å². The normalized spacial score (nSPS) is 16.4. The summed E-state index contributed by atoms with van der Waals surface area (Å²) in [5.41, 5.74) is 0.617. The van der Waals surface area contributed by atoms with Gasteiger partial charge in [0, 0.05) is 6.54 Å². The van der Waals surface area contributed by atoms with E-state index < -0.39 is 12.1 Å². The maximum Gasteiger partial charge on any atom is 0.244 e. The summed E-state index contributed by atoms with van der Waals surface area (Å²) in [6.07, 6.45) is 3.11. The molecule has 30 heavy (non-hydrogen) atoms. The lowest BCUT2D eigenvalue weighted by molar-refractivity contribution is -0.124. The number of hydrogen-bond acceptors (Lipinski definition) is 6. The summed E-state index contributed by atoms with van der Waals surface area (Å²) in [5.74, 6) is 1.57. The van der Waals surface area contributed by atoms with Crippen molar-refractivity contribution in [2.75, 3.05) is 20.8 Å². The first-order valence-corrected chi connectivity index (χ1v) is 9.97. The molecule has 2 aromatic rings. The fourth-order valence-corrected chi connectivity index (χ4v) is 3.71. The Morgan fingerprint density at radius 3 is 2.83 bits per heavy atom. The summed E-state index contributed by atoms with van der Waals surface area (Å²) < 4.78 is 15.8. The molecule has 1 aromatic carbocycles. The number of carbonyl (C=O) groups is 1. The van der Waals surface area contributed by atoms with Crippen LogP contribution in [-0.4, -0.2) is 42.7 Å². The number of nitrogens with one attached hydrogen (secondary N) is 2. The van der Waals surface area contributed by atoms with Crippen LogP contribution in [0.25, 0.3) is 0 Å². The van der Waals surface area contributed by atoms with Gasteiger partial charge in [-0.1, -0.05) is 6.07 Å². The van der Waals surface area contributed by atoms with Crippen LogP contribution >= 0.6 is 12.2 Å². The predicted molar refractivity (Wildman–Crippen MR) is 114 cm³/mol. The van der Waals surface area contributed by atoms with E-state index in [1.54, 1.807) is 31.6 Å². The van der Waals surface area contributed by atoms with Crippen LogP contribution in [0, 0.1) is 11.3 Å². The Bertz CT molecular complexity index is 926. The number of thiocarbonyl (C=S) groups is 1. The molecule has 1 aliphatic heterocycles. The molecule has 158 valence electrons. The van der Waals surface area contributed by atoms with Gasteiger partial charge < -0.3 is 29.4 Å². The molecule has 1 aliphatic rings. The Morgan fingerprint density at radius 2 is 2.17 bits per heavy atom. The van der Waals surface area contributed by atoms with Gasteiger partial charge in [-0.25, -0.2) is 0 Å². The number of ether oxygens (including phenoxy) is 2. The van der Waals surface area contributed by atoms with Gasteiger partial charge in [0.15, 0.2) is 16.6 Å². The molecule has 2 atom stereocenters. The third-order valence-corrected chi connectivity index (χ3v) is 5.35. The second-order valence-corrected chi connectivity index (χ2v) is 7.16. The molecular weight excluding hydrogens is 404 g/mol. The molecule has 0 spiro atoms. The van der Waals surface area contributed by atoms with Crippen molar-refractivity contribution in [3.05, 3.63) is 47.9 Å². The van der Waals surface area contributed by atoms with E-state index in [9.17, 15) is 10.1 Å². The van der Waals surface area contributed by atoms with Crippen LogP contribution in [0.2, 0.25) is 0 Å². The topological polar surface area (TPSA) is 99.8 Å². The highest BCUT2D eigenvalue weighted by atomic mass is 32.1. The van der Waals surface area contributed by atoms with E-state index in [0.29, 0.717) is 41.7 Å². The Kier molecular flexibility index (Phi) is 7.14. The van der Waals surface area contributed by atoms with Gasteiger partial charge in [-0.2, -0.15) is 5.26 Å². The highest BCUT2D eigenvalue weighted by Crippen LogP contribution is 2.30. The molecule has 1 aromatic heterocycles. The van der Waals surface area contributed by atoms with Crippen LogP contribution in [0.15, 0.2) is 41.0 Å². The summed E-state index contributed by atoms with van der Waals surface area (Å²) in [6, 6.07) is 9.68. The van der Waals surface area contributed by atoms with Crippen LogP contribution in [0.1, 0.15) is 30.2 Å². The third kappa shape index (κ3) is 4.83. The number of rotatable bonds is 7. The number of hydrogen-bond donors (Lipinski definition) is 2. The Labute approximate surface area is 180 Å². The first kappa shape index (κ1) is 21.5. The van der Waals surface area contributed by atoms with Crippen molar-refractivity contribution in [3.8, 4) is 17.6 Å². The number of benzene rings is 1. The van der Waals surface area contributed by atoms with Gasteiger partial charge in [0.2, 0.25) is 5.91 Å². The van der Waals surface area contributed by atoms with Crippen molar-refractivity contribution >= 4 is 23.2 Å². The van der Waals surface area contributed by atoms with Crippen molar-refractivity contribution in [3.63, 3.8) is 0 Å². The van der Waals surface area contributed by atoms with E-state index in [4.69, 9.17) is 26.1 Å². The highest BCUT2D eigenvalue weighted by molar-refractivity contribution is 7.80. The number of nitrogens with zero attached hydrogens (tertiary/aromatic N) is 2. The monoisotopic (exact) mass is 428 g/mol. The van der Waals surface area contributed by atoms with Gasteiger partial charge in [0.1, 0.15) is 17.8 Å². The fourth-order valence-electron chi connectivity index (χ4n) is 3.42. The molecule has 3 rings (SSSR count). The summed E-state index contributed by atoms with van der Waals surface area (Å²) >= 11 is 5.48. The molecule has 2 heterocycles. The Balaban J connectivity index is 1.65. The molecule has 1 unspecified atom stereocenters. The second-order valence-electron chi connectivity index (χ2n) is 6.77. The molecule has 1 fully saturated rings. The van der Waals surface area contributed by atoms with Crippen molar-refractivity contribution in [1.82, 2.24) is 15.5 Å². The molecule has 8 nitrogen and oxygen atoms in total. The largest absolute Gasteiger partial charge is 0.493 e. The smallest absolute Gasteiger partial charge is 0.244 e. The minimum Gasteiger partial charge on any atom is -0.493 e. The average Bonchev–Trinajstić information content (AvgIpc) is 3.47. The number of carbonyl (C=O) groups excluding carboxylic acids is 1. The molecule has 0 saturated carbocycles. The SMILES string of the molecule is COc1ccc(C(C#N)NC(=O)[C@@H]2CCCN2C(=S)NCc2ccco2)cc1OC. The van der Waals surface area contributed by atoms with Gasteiger partial charge in [-0.15, -0.1) is 0 Å². The first-order valence-electron chi connectivity index (χ1n) is 9.56. The number of likely N-dealkylation sites (tertiary alicyclic amines) is 1. The number of methoxy groups -OCH3 is 2. The minimum absolute atomic E-state index is 0.240. The standard InChI is InChI=1S/C21H24N4O4S/c1-27-18-8-7-14(11-19(18)28-2)16(12-22)24-20(26)17-6-3-9-25(17)21(30)23-13-15-5-4-10-29-15/h4-5,7-8,10-11,16-17H,3,6,9,13H2,1-2H3,(H,23,30)(H,24,26)/t16?,17-/m0/s1. The number of nitriles is 1. The average molecular weight is 429 g/mol. The van der Waals surface area contributed by atoms with Gasteiger partial charge >= 0.3 is 0 Å². The summed E-state index contributed by atoms with van der Waals surface area (Å²) in [6.45, 7) is 1.12. The zero-order chi connectivity index (χ0) is 21.5. The molecule has 1 amide bonds. The molecule has 0 bridgehead atoms. The molecule has 2 N–H and O–H groups in total. The molecule has 1 saturated heterocycles. The zero-order valence-corrected chi connectivity index (χ0v) is 17.7. The Hall–Kier alpha value is -3.25. The van der Waals surface area contributed by atoms with E-state index in [0.717, 1.165) is 12.2 Å². The van der Waals surface area contributed by atoms with Crippen molar-refractivity contribution in [2.24, 2.45) is 0 Å². The van der Waals surface area contributed by atoms with Crippen LogP contribution in [0.5, 0.6) is 11.5 Å². The van der Waals surface area contributed by atoms with Gasteiger partial charge in [0.25, 0.3) is 0 Å². The third-order valence-electron chi connectivity index (χ3n) is 4.97. The van der Waals surface area contributed by atoms with E-state index >= 15 is 0 Å². The zero-order valence-electron chi connectivity index (χ0n) is 16.9. The molecule has 0 radical (unpaired) electrons. The maximum absolute atomic E-state index is 12.9. The van der Waals surface area contributed by atoms with Crippen molar-refractivity contribution in [1.29, 1.82) is 5.26 Å². The summed E-state index contributed by atoms with van der Waals surface area (Å²) in [5, 5.41) is 16.1. The summed E-state index contributed by atoms with van der Waals surface area (Å²) in [7, 11) is 3.06. The fraction of sp³-hybridized carbons (Fsp3) is 0.381. The lowest BCUT2D eigenvalue weighted by atomic mass is 10.1. The predicted octanol–water partition coefficient (Wildman–Crippen LogP) is 2.52. The van der Waals surface area contributed by atoms with Crippen LogP contribution in [0.4, 0.5) is 0 Å². The summed E-state index contributed by atoms with van der Waals surface area (Å²) in [4.78, 5) is 14.8. The first-order chi connectivity index (χ1) is 14.6. The second kappa shape index (κ2) is 9.98. The van der Waals surface area contributed by atoms with Gasteiger partial charge in [-0.05, 0) is 54.9 Å². The van der Waals surface area contributed by atoms with E-state index in [-0.39, 0.29) is 5.91 Å². The molecule has 0 aliphatic carbocycles. The van der Waals surface area contributed by atoms with Crippen molar-refractivity contribution < 1.29 is 18.7 Å². The Morgan fingerprint density at radius 1 is 1.37 bits per heavy atom. The lowest BCUT2D eigenvalue weighted by Crippen LogP contribution is -2.49. The van der Waals surface area contributed by atoms with Gasteiger partial charge in [-0.3, -0.25) is 4.79 Å². The van der Waals surface area contributed by atoms with E-state index in [2.05, 4.69) is 16.7 Å². The maximum atomic E-state index is 12.9. The number of amides is 1. The molecule has 9 heteroatoms. The quantitative estimate of drug-likeness (QED) is 0.649.